The molecule has 0 aliphatic carbocycles. The van der Waals surface area contributed by atoms with Crippen LogP contribution in [0.3, 0.4) is 0 Å². The highest BCUT2D eigenvalue weighted by Gasteiger charge is 2.18. The van der Waals surface area contributed by atoms with Crippen LogP contribution in [0.25, 0.3) is 10.8 Å². The van der Waals surface area contributed by atoms with E-state index in [1.54, 1.807) is 19.2 Å². The quantitative estimate of drug-likeness (QED) is 0.595. The summed E-state index contributed by atoms with van der Waals surface area (Å²) in [7, 11) is 1.56. The van der Waals surface area contributed by atoms with E-state index in [9.17, 15) is 9.90 Å². The maximum atomic E-state index is 11.8. The van der Waals surface area contributed by atoms with E-state index in [1.165, 1.54) is 6.20 Å². The Morgan fingerprint density at radius 2 is 1.90 bits per heavy atom. The lowest BCUT2D eigenvalue weighted by atomic mass is 10.00. The van der Waals surface area contributed by atoms with Crippen molar-refractivity contribution >= 4 is 16.7 Å². The van der Waals surface area contributed by atoms with E-state index in [0.717, 1.165) is 22.4 Å². The molecule has 0 saturated carbocycles. The first-order valence-corrected chi connectivity index (χ1v) is 9.54. The Morgan fingerprint density at radius 1 is 1.14 bits per heavy atom. The summed E-state index contributed by atoms with van der Waals surface area (Å²) in [4.78, 5) is 16.2. The summed E-state index contributed by atoms with van der Waals surface area (Å²) < 4.78 is 16.9. The topological polar surface area (TPSA) is 77.9 Å². The number of rotatable bonds is 8. The van der Waals surface area contributed by atoms with E-state index in [2.05, 4.69) is 4.98 Å². The van der Waals surface area contributed by atoms with Crippen molar-refractivity contribution in [2.45, 2.75) is 33.3 Å². The first kappa shape index (κ1) is 20.5. The van der Waals surface area contributed by atoms with Gasteiger partial charge in [-0.15, -0.1) is 0 Å². The number of benzene rings is 2. The van der Waals surface area contributed by atoms with Crippen LogP contribution in [0.2, 0.25) is 0 Å². The van der Waals surface area contributed by atoms with E-state index in [0.29, 0.717) is 29.9 Å². The highest BCUT2D eigenvalue weighted by atomic mass is 16.5. The van der Waals surface area contributed by atoms with Crippen molar-refractivity contribution in [2.24, 2.45) is 0 Å². The summed E-state index contributed by atoms with van der Waals surface area (Å²) in [6.07, 6.45) is 1.86. The fourth-order valence-corrected chi connectivity index (χ4v) is 3.23. The number of pyridine rings is 1. The van der Waals surface area contributed by atoms with Gasteiger partial charge in [-0.2, -0.15) is 0 Å². The number of fused-ring (bicyclic) bond motifs is 1. The molecule has 29 heavy (non-hydrogen) atoms. The zero-order chi connectivity index (χ0) is 21.0. The van der Waals surface area contributed by atoms with Gasteiger partial charge in [-0.3, -0.25) is 4.98 Å². The van der Waals surface area contributed by atoms with Crippen molar-refractivity contribution in [3.8, 4) is 17.2 Å². The van der Waals surface area contributed by atoms with Crippen molar-refractivity contribution < 1.29 is 24.1 Å². The van der Waals surface area contributed by atoms with Gasteiger partial charge >= 0.3 is 5.97 Å². The average molecular weight is 395 g/mol. The van der Waals surface area contributed by atoms with Crippen LogP contribution in [0.4, 0.5) is 0 Å². The molecule has 1 aromatic heterocycles. The summed E-state index contributed by atoms with van der Waals surface area (Å²) in [6.45, 7) is 6.35. The van der Waals surface area contributed by atoms with Crippen LogP contribution < -0.4 is 14.2 Å². The third-order valence-electron chi connectivity index (χ3n) is 4.43. The Labute approximate surface area is 170 Å². The normalized spacial score (nSPS) is 10.9. The molecule has 0 spiro atoms. The summed E-state index contributed by atoms with van der Waals surface area (Å²) in [5.41, 5.74) is 1.91. The molecule has 0 aliphatic rings. The molecule has 3 rings (SSSR count). The zero-order valence-corrected chi connectivity index (χ0v) is 17.1. The average Bonchev–Trinajstić information content (AvgIpc) is 2.67. The SMILES string of the molecule is CCOc1cccc(Cc2ncc(C(=O)O)c3cc(OC(C)C)c(OC)cc23)c1. The van der Waals surface area contributed by atoms with Crippen LogP contribution in [-0.2, 0) is 6.42 Å². The van der Waals surface area contributed by atoms with E-state index in [1.807, 2.05) is 45.0 Å². The van der Waals surface area contributed by atoms with Gasteiger partial charge in [0.2, 0.25) is 0 Å². The molecule has 0 aliphatic heterocycles. The predicted octanol–water partition coefficient (Wildman–Crippen LogP) is 4.72. The minimum Gasteiger partial charge on any atom is -0.494 e. The van der Waals surface area contributed by atoms with Gasteiger partial charge in [0.25, 0.3) is 0 Å². The zero-order valence-electron chi connectivity index (χ0n) is 17.1. The molecule has 2 aromatic carbocycles. The Bertz CT molecular complexity index is 1030. The van der Waals surface area contributed by atoms with Gasteiger partial charge in [0.1, 0.15) is 5.75 Å². The second kappa shape index (κ2) is 8.82. The lowest BCUT2D eigenvalue weighted by Gasteiger charge is -2.16. The first-order valence-electron chi connectivity index (χ1n) is 9.54. The molecule has 0 amide bonds. The minimum atomic E-state index is -1.03. The minimum absolute atomic E-state index is 0.0720. The largest absolute Gasteiger partial charge is 0.494 e. The van der Waals surface area contributed by atoms with Gasteiger partial charge < -0.3 is 19.3 Å². The van der Waals surface area contributed by atoms with Crippen molar-refractivity contribution in [1.29, 1.82) is 0 Å². The third-order valence-corrected chi connectivity index (χ3v) is 4.43. The first-order chi connectivity index (χ1) is 13.9. The van der Waals surface area contributed by atoms with Gasteiger partial charge in [-0.25, -0.2) is 4.79 Å². The fraction of sp³-hybridized carbons (Fsp3) is 0.304. The lowest BCUT2D eigenvalue weighted by molar-refractivity contribution is 0.0698. The van der Waals surface area contributed by atoms with Gasteiger partial charge in [0.15, 0.2) is 11.5 Å². The molecule has 6 heteroatoms. The molecule has 0 atom stereocenters. The predicted molar refractivity (Wildman–Crippen MR) is 111 cm³/mol. The van der Waals surface area contributed by atoms with E-state index >= 15 is 0 Å². The number of methoxy groups -OCH3 is 1. The molecular formula is C23H25NO5. The van der Waals surface area contributed by atoms with Crippen LogP contribution in [0.1, 0.15) is 42.4 Å². The molecule has 1 N–H and O–H groups in total. The van der Waals surface area contributed by atoms with E-state index in [-0.39, 0.29) is 11.7 Å². The smallest absolute Gasteiger partial charge is 0.337 e. The van der Waals surface area contributed by atoms with Crippen molar-refractivity contribution in [3.63, 3.8) is 0 Å². The van der Waals surface area contributed by atoms with Crippen molar-refractivity contribution in [2.75, 3.05) is 13.7 Å². The van der Waals surface area contributed by atoms with Crippen molar-refractivity contribution in [3.05, 3.63) is 59.4 Å². The molecule has 0 bridgehead atoms. The van der Waals surface area contributed by atoms with Crippen LogP contribution in [0.5, 0.6) is 17.2 Å². The van der Waals surface area contributed by atoms with Crippen molar-refractivity contribution in [1.82, 2.24) is 4.98 Å². The van der Waals surface area contributed by atoms with Gasteiger partial charge in [-0.1, -0.05) is 12.1 Å². The number of carboxylic acids is 1. The fourth-order valence-electron chi connectivity index (χ4n) is 3.23. The number of carboxylic acid groups (broad SMARTS) is 1. The molecule has 152 valence electrons. The van der Waals surface area contributed by atoms with E-state index < -0.39 is 5.97 Å². The number of carbonyl (C=O) groups is 1. The number of hydrogen-bond acceptors (Lipinski definition) is 5. The molecule has 0 radical (unpaired) electrons. The second-order valence-corrected chi connectivity index (χ2v) is 6.90. The molecule has 0 saturated heterocycles. The maximum absolute atomic E-state index is 11.8. The third kappa shape index (κ3) is 4.59. The number of hydrogen-bond donors (Lipinski definition) is 1. The Balaban J connectivity index is 2.14. The second-order valence-electron chi connectivity index (χ2n) is 6.90. The lowest BCUT2D eigenvalue weighted by Crippen LogP contribution is -2.08. The maximum Gasteiger partial charge on any atom is 0.337 e. The summed E-state index contributed by atoms with van der Waals surface area (Å²) in [5, 5.41) is 10.9. The monoisotopic (exact) mass is 395 g/mol. The highest BCUT2D eigenvalue weighted by Crippen LogP contribution is 2.36. The van der Waals surface area contributed by atoms with Crippen LogP contribution in [-0.4, -0.2) is 35.9 Å². The number of ether oxygens (including phenoxy) is 3. The standard InChI is InChI=1S/C23H25NO5/c1-5-28-16-8-6-7-15(9-16)10-20-18-12-21(27-4)22(29-14(2)3)11-17(18)19(13-24-20)23(25)26/h6-9,11-14H,5,10H2,1-4H3,(H,25,26). The van der Waals surface area contributed by atoms with Crippen LogP contribution in [0.15, 0.2) is 42.6 Å². The number of nitrogens with zero attached hydrogens (tertiary/aromatic N) is 1. The van der Waals surface area contributed by atoms with Gasteiger partial charge in [0.05, 0.1) is 31.1 Å². The number of aromatic carboxylic acids is 1. The molecular weight excluding hydrogens is 370 g/mol. The number of aromatic nitrogens is 1. The van der Waals surface area contributed by atoms with Crippen LogP contribution in [0, 0.1) is 0 Å². The molecule has 1 heterocycles. The summed E-state index contributed by atoms with van der Waals surface area (Å²) in [5.74, 6) is 0.808. The van der Waals surface area contributed by atoms with Crippen LogP contribution >= 0.6 is 0 Å². The summed E-state index contributed by atoms with van der Waals surface area (Å²) in [6, 6.07) is 11.3. The molecule has 3 aromatic rings. The molecule has 6 nitrogen and oxygen atoms in total. The Kier molecular flexibility index (Phi) is 6.22. The Hall–Kier alpha value is -3.28. The van der Waals surface area contributed by atoms with Gasteiger partial charge in [0, 0.05) is 23.4 Å². The van der Waals surface area contributed by atoms with E-state index in [4.69, 9.17) is 14.2 Å². The molecule has 0 unspecified atom stereocenters. The van der Waals surface area contributed by atoms with Gasteiger partial charge in [-0.05, 0) is 50.6 Å². The summed E-state index contributed by atoms with van der Waals surface area (Å²) >= 11 is 0. The molecule has 0 fully saturated rings. The highest BCUT2D eigenvalue weighted by molar-refractivity contribution is 6.05. The Morgan fingerprint density at radius 3 is 2.55 bits per heavy atom.